The minimum Gasteiger partial charge on any atom is -0.351 e. The lowest BCUT2D eigenvalue weighted by atomic mass is 10.0. The largest absolute Gasteiger partial charge is 0.351 e. The summed E-state index contributed by atoms with van der Waals surface area (Å²) < 4.78 is 0. The molecule has 1 aromatic rings. The first-order valence-corrected chi connectivity index (χ1v) is 8.01. The Hall–Kier alpha value is -1.35. The first-order valence-electron chi connectivity index (χ1n) is 8.01. The zero-order valence-electron chi connectivity index (χ0n) is 13.8. The second-order valence-electron chi connectivity index (χ2n) is 7.11. The number of carbonyl (C=O) groups excluding carboxylic acids is 1. The molecule has 0 radical (unpaired) electrons. The lowest BCUT2D eigenvalue weighted by Gasteiger charge is -2.21. The monoisotopic (exact) mass is 288 g/mol. The van der Waals surface area contributed by atoms with E-state index in [-0.39, 0.29) is 11.4 Å². The summed E-state index contributed by atoms with van der Waals surface area (Å²) in [6.07, 6.45) is 4.24. The molecule has 1 aromatic carbocycles. The second kappa shape index (κ2) is 6.61. The summed E-state index contributed by atoms with van der Waals surface area (Å²) in [5, 5.41) is 6.43. The van der Waals surface area contributed by atoms with Crippen molar-refractivity contribution in [1.29, 1.82) is 0 Å². The first-order chi connectivity index (χ1) is 9.85. The summed E-state index contributed by atoms with van der Waals surface area (Å²) in [6.45, 7) is 8.89. The Balaban J connectivity index is 1.80. The van der Waals surface area contributed by atoms with Gasteiger partial charge in [-0.3, -0.25) is 4.79 Å². The molecule has 0 fully saturated rings. The molecule has 0 aliphatic heterocycles. The van der Waals surface area contributed by atoms with Crippen LogP contribution < -0.4 is 10.6 Å². The van der Waals surface area contributed by atoms with Crippen molar-refractivity contribution in [2.45, 2.75) is 65.0 Å². The number of benzene rings is 1. The maximum Gasteiger partial charge on any atom is 0.221 e. The normalized spacial score (nSPS) is 15.6. The van der Waals surface area contributed by atoms with Crippen LogP contribution in [0, 0.1) is 0 Å². The highest BCUT2D eigenvalue weighted by Gasteiger charge is 2.15. The van der Waals surface area contributed by atoms with Crippen molar-refractivity contribution in [3.05, 3.63) is 34.9 Å². The van der Waals surface area contributed by atoms with E-state index in [2.05, 4.69) is 35.8 Å². The molecule has 0 aromatic heterocycles. The molecule has 1 atom stereocenters. The van der Waals surface area contributed by atoms with E-state index in [1.807, 2.05) is 20.8 Å². The maximum atomic E-state index is 11.8. The van der Waals surface area contributed by atoms with Crippen molar-refractivity contribution in [3.63, 3.8) is 0 Å². The molecule has 0 heterocycles. The molecule has 116 valence electrons. The Labute approximate surface area is 128 Å². The minimum absolute atomic E-state index is 0.108. The molecule has 1 unspecified atom stereocenters. The fraction of sp³-hybridized carbons (Fsp3) is 0.611. The molecule has 1 aliphatic rings. The number of amides is 1. The van der Waals surface area contributed by atoms with Gasteiger partial charge in [-0.05, 0) is 63.6 Å². The van der Waals surface area contributed by atoms with Crippen molar-refractivity contribution in [1.82, 2.24) is 10.6 Å². The second-order valence-corrected chi connectivity index (χ2v) is 7.11. The highest BCUT2D eigenvalue weighted by molar-refractivity contribution is 5.76. The van der Waals surface area contributed by atoms with Crippen molar-refractivity contribution in [3.8, 4) is 0 Å². The number of nitrogens with one attached hydrogen (secondary N) is 2. The third-order valence-corrected chi connectivity index (χ3v) is 3.94. The summed E-state index contributed by atoms with van der Waals surface area (Å²) in [5.74, 6) is 0.108. The van der Waals surface area contributed by atoms with Crippen LogP contribution >= 0.6 is 0 Å². The van der Waals surface area contributed by atoms with Gasteiger partial charge in [-0.25, -0.2) is 0 Å². The topological polar surface area (TPSA) is 41.1 Å². The predicted molar refractivity (Wildman–Crippen MR) is 87.4 cm³/mol. The van der Waals surface area contributed by atoms with E-state index in [9.17, 15) is 4.79 Å². The number of aryl methyl sites for hydroxylation is 2. The van der Waals surface area contributed by atoms with Crippen LogP contribution in [0.25, 0.3) is 0 Å². The number of hydrogen-bond acceptors (Lipinski definition) is 2. The van der Waals surface area contributed by atoms with Crippen LogP contribution in [0.1, 0.15) is 63.3 Å². The van der Waals surface area contributed by atoms with Gasteiger partial charge in [-0.2, -0.15) is 0 Å². The Bertz CT molecular complexity index is 502. The molecule has 2 rings (SSSR count). The molecular formula is C18H28N2O. The summed E-state index contributed by atoms with van der Waals surface area (Å²) in [5.41, 5.74) is 4.19. The molecule has 1 amide bonds. The quantitative estimate of drug-likeness (QED) is 0.874. The van der Waals surface area contributed by atoms with Gasteiger partial charge in [0.05, 0.1) is 0 Å². The standard InChI is InChI=1S/C18H28N2O/c1-13(19-11-10-17(21)20-18(2,3)4)15-9-8-14-6-5-7-16(14)12-15/h8-9,12-13,19H,5-7,10-11H2,1-4H3,(H,20,21). The fourth-order valence-corrected chi connectivity index (χ4v) is 2.86. The van der Waals surface area contributed by atoms with Crippen LogP contribution in [0.2, 0.25) is 0 Å². The van der Waals surface area contributed by atoms with E-state index >= 15 is 0 Å². The zero-order valence-corrected chi connectivity index (χ0v) is 13.8. The van der Waals surface area contributed by atoms with Gasteiger partial charge in [0, 0.05) is 24.5 Å². The smallest absolute Gasteiger partial charge is 0.221 e. The number of carbonyl (C=O) groups is 1. The van der Waals surface area contributed by atoms with Gasteiger partial charge in [0.25, 0.3) is 0 Å². The lowest BCUT2D eigenvalue weighted by Crippen LogP contribution is -2.41. The van der Waals surface area contributed by atoms with Crippen LogP contribution in [0.4, 0.5) is 0 Å². The van der Waals surface area contributed by atoms with E-state index in [1.165, 1.54) is 36.0 Å². The van der Waals surface area contributed by atoms with Crippen molar-refractivity contribution in [2.75, 3.05) is 6.54 Å². The van der Waals surface area contributed by atoms with Gasteiger partial charge in [0.2, 0.25) is 5.91 Å². The van der Waals surface area contributed by atoms with Gasteiger partial charge < -0.3 is 10.6 Å². The van der Waals surface area contributed by atoms with E-state index < -0.39 is 0 Å². The molecular weight excluding hydrogens is 260 g/mol. The predicted octanol–water partition coefficient (Wildman–Crippen LogP) is 3.13. The van der Waals surface area contributed by atoms with E-state index in [0.717, 1.165) is 0 Å². The van der Waals surface area contributed by atoms with Crippen LogP contribution in [0.3, 0.4) is 0 Å². The molecule has 1 aliphatic carbocycles. The van der Waals surface area contributed by atoms with Crippen LogP contribution in [-0.4, -0.2) is 18.0 Å². The zero-order chi connectivity index (χ0) is 15.5. The molecule has 2 N–H and O–H groups in total. The highest BCUT2D eigenvalue weighted by atomic mass is 16.1. The van der Waals surface area contributed by atoms with E-state index in [4.69, 9.17) is 0 Å². The molecule has 0 bridgehead atoms. The molecule has 21 heavy (non-hydrogen) atoms. The summed E-state index contributed by atoms with van der Waals surface area (Å²) in [4.78, 5) is 11.8. The van der Waals surface area contributed by atoms with Gasteiger partial charge >= 0.3 is 0 Å². The van der Waals surface area contributed by atoms with Gasteiger partial charge in [0.1, 0.15) is 0 Å². The Morgan fingerprint density at radius 1 is 1.24 bits per heavy atom. The number of hydrogen-bond donors (Lipinski definition) is 2. The molecule has 0 saturated heterocycles. The van der Waals surface area contributed by atoms with Crippen LogP contribution in [0.5, 0.6) is 0 Å². The fourth-order valence-electron chi connectivity index (χ4n) is 2.86. The Morgan fingerprint density at radius 3 is 2.67 bits per heavy atom. The van der Waals surface area contributed by atoms with Crippen molar-refractivity contribution >= 4 is 5.91 Å². The minimum atomic E-state index is -0.150. The average Bonchev–Trinajstić information content (AvgIpc) is 2.83. The lowest BCUT2D eigenvalue weighted by molar-refractivity contribution is -0.122. The SMILES string of the molecule is CC(NCCC(=O)NC(C)(C)C)c1ccc2c(c1)CCC2. The summed E-state index contributed by atoms with van der Waals surface area (Å²) in [6, 6.07) is 7.10. The molecule has 3 heteroatoms. The van der Waals surface area contributed by atoms with Gasteiger partial charge in [-0.1, -0.05) is 18.2 Å². The molecule has 3 nitrogen and oxygen atoms in total. The number of rotatable bonds is 5. The highest BCUT2D eigenvalue weighted by Crippen LogP contribution is 2.25. The van der Waals surface area contributed by atoms with Crippen LogP contribution in [0.15, 0.2) is 18.2 Å². The Kier molecular flexibility index (Phi) is 5.04. The van der Waals surface area contributed by atoms with Gasteiger partial charge in [-0.15, -0.1) is 0 Å². The van der Waals surface area contributed by atoms with E-state index in [1.54, 1.807) is 0 Å². The van der Waals surface area contributed by atoms with Crippen molar-refractivity contribution in [2.24, 2.45) is 0 Å². The first kappa shape index (κ1) is 16.0. The average molecular weight is 288 g/mol. The summed E-state index contributed by atoms with van der Waals surface area (Å²) in [7, 11) is 0. The van der Waals surface area contributed by atoms with Crippen LogP contribution in [-0.2, 0) is 17.6 Å². The molecule has 0 saturated carbocycles. The van der Waals surface area contributed by atoms with E-state index in [0.29, 0.717) is 19.0 Å². The Morgan fingerprint density at radius 2 is 1.95 bits per heavy atom. The third kappa shape index (κ3) is 4.85. The van der Waals surface area contributed by atoms with Gasteiger partial charge in [0.15, 0.2) is 0 Å². The number of fused-ring (bicyclic) bond motifs is 1. The third-order valence-electron chi connectivity index (χ3n) is 3.94. The van der Waals surface area contributed by atoms with Crippen molar-refractivity contribution < 1.29 is 4.79 Å². The maximum absolute atomic E-state index is 11.8. The summed E-state index contributed by atoms with van der Waals surface area (Å²) >= 11 is 0. The molecule has 0 spiro atoms.